The van der Waals surface area contributed by atoms with Gasteiger partial charge in [0.15, 0.2) is 0 Å². The fourth-order valence-electron chi connectivity index (χ4n) is 1.16. The minimum atomic E-state index is 0. The maximum Gasteiger partial charge on any atom is 0.0552 e. The molecule has 0 fully saturated rings. The summed E-state index contributed by atoms with van der Waals surface area (Å²) in [5, 5.41) is 0. The number of hydrogen-bond donors (Lipinski definition) is 0. The minimum Gasteiger partial charge on any atom is -0.384 e. The standard InChI is InChI=1S/3C6H14O2S.3FH/c3*1-7-3-5-9-6-4-8-2;;;/h3*3-6H2,1-2H3;3*1H. The Bertz CT molecular complexity index is 180. The van der Waals surface area contributed by atoms with Crippen LogP contribution in [0.15, 0.2) is 0 Å². The largest absolute Gasteiger partial charge is 0.384 e. The number of thioether (sulfide) groups is 3. The third kappa shape index (κ3) is 63.0. The molecule has 30 heavy (non-hydrogen) atoms. The molecule has 0 aliphatic heterocycles. The van der Waals surface area contributed by atoms with Crippen LogP contribution in [0.3, 0.4) is 0 Å². The third-order valence-electron chi connectivity index (χ3n) is 2.59. The van der Waals surface area contributed by atoms with Crippen LogP contribution in [0.1, 0.15) is 0 Å². The summed E-state index contributed by atoms with van der Waals surface area (Å²) >= 11 is 5.56. The molecule has 0 aliphatic rings. The zero-order valence-electron chi connectivity index (χ0n) is 19.4. The van der Waals surface area contributed by atoms with Crippen LogP contribution in [0.2, 0.25) is 0 Å². The monoisotopic (exact) mass is 510 g/mol. The Labute approximate surface area is 194 Å². The predicted molar refractivity (Wildman–Crippen MR) is 131 cm³/mol. The summed E-state index contributed by atoms with van der Waals surface area (Å²) in [5.74, 6) is 6.42. The van der Waals surface area contributed by atoms with Crippen molar-refractivity contribution in [1.29, 1.82) is 0 Å². The Balaban J connectivity index is -0.0000000686. The summed E-state index contributed by atoms with van der Waals surface area (Å²) in [6.07, 6.45) is 0. The minimum absolute atomic E-state index is 0. The maximum atomic E-state index is 4.86. The van der Waals surface area contributed by atoms with Gasteiger partial charge in [-0.25, -0.2) is 0 Å². The summed E-state index contributed by atoms with van der Waals surface area (Å²) in [4.78, 5) is 0. The molecule has 0 saturated carbocycles. The number of ether oxygens (including phenoxy) is 6. The van der Waals surface area contributed by atoms with Crippen LogP contribution < -0.4 is 0 Å². The van der Waals surface area contributed by atoms with Gasteiger partial charge in [0, 0.05) is 77.2 Å². The van der Waals surface area contributed by atoms with Gasteiger partial charge in [-0.1, -0.05) is 0 Å². The molecule has 0 atom stereocenters. The van der Waals surface area contributed by atoms with Crippen LogP contribution in [0.5, 0.6) is 0 Å². The molecule has 0 aromatic carbocycles. The van der Waals surface area contributed by atoms with E-state index in [1.165, 1.54) is 0 Å². The van der Waals surface area contributed by atoms with E-state index in [9.17, 15) is 0 Å². The van der Waals surface area contributed by atoms with Crippen molar-refractivity contribution in [2.75, 3.05) is 117 Å². The molecular weight excluding hydrogens is 465 g/mol. The van der Waals surface area contributed by atoms with Crippen LogP contribution >= 0.6 is 35.3 Å². The van der Waals surface area contributed by atoms with E-state index in [4.69, 9.17) is 28.4 Å². The Hall–Kier alpha value is 0.600. The van der Waals surface area contributed by atoms with E-state index in [-0.39, 0.29) is 14.1 Å². The molecule has 0 amide bonds. The second-order valence-electron chi connectivity index (χ2n) is 4.79. The molecule has 0 rings (SSSR count). The molecule has 0 N–H and O–H groups in total. The van der Waals surface area contributed by atoms with Gasteiger partial charge in [-0.3, -0.25) is 14.1 Å². The van der Waals surface area contributed by atoms with E-state index in [2.05, 4.69) is 0 Å². The summed E-state index contributed by atoms with van der Waals surface area (Å²) in [6, 6.07) is 0. The Morgan fingerprint density at radius 2 is 0.467 bits per heavy atom. The van der Waals surface area contributed by atoms with Crippen LogP contribution in [0.25, 0.3) is 0 Å². The van der Waals surface area contributed by atoms with Gasteiger partial charge in [-0.05, 0) is 0 Å². The molecule has 6 nitrogen and oxygen atoms in total. The van der Waals surface area contributed by atoms with Crippen molar-refractivity contribution >= 4 is 35.3 Å². The third-order valence-corrected chi connectivity index (χ3v) is 5.32. The SMILES string of the molecule is COCCSCCOC.COCCSCCOC.COCCSCCOC.F.F.F. The van der Waals surface area contributed by atoms with Crippen molar-refractivity contribution in [2.24, 2.45) is 0 Å². The summed E-state index contributed by atoms with van der Waals surface area (Å²) in [7, 11) is 10.3. The second-order valence-corrected chi connectivity index (χ2v) is 8.47. The summed E-state index contributed by atoms with van der Waals surface area (Å²) in [5.41, 5.74) is 0. The Morgan fingerprint density at radius 3 is 0.567 bits per heavy atom. The zero-order valence-corrected chi connectivity index (χ0v) is 21.8. The predicted octanol–water partition coefficient (Wildman–Crippen LogP) is 3.49. The molecule has 0 saturated heterocycles. The van der Waals surface area contributed by atoms with Crippen molar-refractivity contribution in [3.8, 4) is 0 Å². The second kappa shape index (κ2) is 51.9. The average Bonchev–Trinajstić information content (AvgIpc) is 2.69. The van der Waals surface area contributed by atoms with Crippen molar-refractivity contribution in [2.45, 2.75) is 0 Å². The quantitative estimate of drug-likeness (QED) is 0.258. The molecule has 0 radical (unpaired) electrons. The molecule has 0 aromatic rings. The maximum absolute atomic E-state index is 4.86. The first kappa shape index (κ1) is 44.3. The first-order valence-electron chi connectivity index (χ1n) is 8.91. The van der Waals surface area contributed by atoms with Crippen LogP contribution in [0, 0.1) is 0 Å². The van der Waals surface area contributed by atoms with Crippen LogP contribution in [-0.4, -0.2) is 117 Å². The van der Waals surface area contributed by atoms with Crippen molar-refractivity contribution in [3.05, 3.63) is 0 Å². The van der Waals surface area contributed by atoms with E-state index >= 15 is 0 Å². The summed E-state index contributed by atoms with van der Waals surface area (Å²) < 4.78 is 29.2. The molecule has 0 spiro atoms. The lowest BCUT2D eigenvalue weighted by Gasteiger charge is -1.98. The fraction of sp³-hybridized carbons (Fsp3) is 1.00. The van der Waals surface area contributed by atoms with Crippen LogP contribution in [-0.2, 0) is 28.4 Å². The number of rotatable bonds is 18. The highest BCUT2D eigenvalue weighted by Crippen LogP contribution is 1.98. The molecular formula is C18H45F3O6S3. The lowest BCUT2D eigenvalue weighted by molar-refractivity contribution is 0.215. The van der Waals surface area contributed by atoms with Gasteiger partial charge in [0.1, 0.15) is 0 Å². The van der Waals surface area contributed by atoms with Crippen molar-refractivity contribution in [3.63, 3.8) is 0 Å². The van der Waals surface area contributed by atoms with Crippen molar-refractivity contribution in [1.82, 2.24) is 0 Å². The smallest absolute Gasteiger partial charge is 0.0552 e. The number of halogens is 3. The molecule has 0 aliphatic carbocycles. The van der Waals surface area contributed by atoms with E-state index in [1.807, 2.05) is 35.3 Å². The first-order chi connectivity index (χ1) is 13.2. The normalized spacial score (nSPS) is 9.00. The zero-order chi connectivity index (χ0) is 20.8. The highest BCUT2D eigenvalue weighted by molar-refractivity contribution is 7.99. The summed E-state index contributed by atoms with van der Waals surface area (Å²) in [6.45, 7) is 5.05. The lowest BCUT2D eigenvalue weighted by Crippen LogP contribution is -1.96. The van der Waals surface area contributed by atoms with Gasteiger partial charge >= 0.3 is 0 Å². The molecule has 0 bridgehead atoms. The van der Waals surface area contributed by atoms with Gasteiger partial charge < -0.3 is 28.4 Å². The molecule has 192 valence electrons. The Morgan fingerprint density at radius 1 is 0.333 bits per heavy atom. The van der Waals surface area contributed by atoms with E-state index < -0.39 is 0 Å². The highest BCUT2D eigenvalue weighted by Gasteiger charge is 1.87. The lowest BCUT2D eigenvalue weighted by atomic mass is 10.8. The van der Waals surface area contributed by atoms with Crippen LogP contribution in [0.4, 0.5) is 14.1 Å². The van der Waals surface area contributed by atoms with E-state index in [1.54, 1.807) is 42.7 Å². The Kier molecular flexibility index (Phi) is 76.6. The fourth-order valence-corrected chi connectivity index (χ4v) is 3.48. The van der Waals surface area contributed by atoms with E-state index in [0.717, 1.165) is 74.2 Å². The molecule has 0 unspecified atom stereocenters. The number of hydrogen-bond acceptors (Lipinski definition) is 9. The number of methoxy groups -OCH3 is 6. The van der Waals surface area contributed by atoms with Gasteiger partial charge in [0.05, 0.1) is 39.6 Å². The molecule has 12 heteroatoms. The van der Waals surface area contributed by atoms with Crippen molar-refractivity contribution < 1.29 is 42.5 Å². The average molecular weight is 511 g/mol. The van der Waals surface area contributed by atoms with Gasteiger partial charge in [0.2, 0.25) is 0 Å². The topological polar surface area (TPSA) is 55.4 Å². The highest BCUT2D eigenvalue weighted by atomic mass is 32.2. The molecule has 0 heterocycles. The van der Waals surface area contributed by atoms with E-state index in [0.29, 0.717) is 0 Å². The van der Waals surface area contributed by atoms with Gasteiger partial charge in [-0.2, -0.15) is 35.3 Å². The van der Waals surface area contributed by atoms with Gasteiger partial charge in [0.25, 0.3) is 0 Å². The first-order valence-corrected chi connectivity index (χ1v) is 12.4. The van der Waals surface area contributed by atoms with Gasteiger partial charge in [-0.15, -0.1) is 0 Å². The molecule has 0 aromatic heterocycles.